The number of hydrogen-bond donors (Lipinski definition) is 0. The van der Waals surface area contributed by atoms with Gasteiger partial charge in [0.2, 0.25) is 17.6 Å². The third-order valence-electron chi connectivity index (χ3n) is 4.44. The molecule has 1 aliphatic rings. The Morgan fingerprint density at radius 2 is 2.24 bits per heavy atom. The molecule has 0 spiro atoms. The van der Waals surface area contributed by atoms with E-state index in [4.69, 9.17) is 4.52 Å². The van der Waals surface area contributed by atoms with Gasteiger partial charge in [0.1, 0.15) is 5.82 Å². The number of carbonyl (C=O) groups excluding carboxylic acids is 1. The van der Waals surface area contributed by atoms with E-state index in [1.165, 1.54) is 6.07 Å². The van der Waals surface area contributed by atoms with Crippen molar-refractivity contribution >= 4 is 21.8 Å². The summed E-state index contributed by atoms with van der Waals surface area (Å²) in [6.45, 7) is 1.54. The Bertz CT molecular complexity index is 722. The molecule has 0 aliphatic carbocycles. The van der Waals surface area contributed by atoms with Gasteiger partial charge in [0, 0.05) is 31.3 Å². The molecule has 2 heterocycles. The molecule has 7 heteroatoms. The van der Waals surface area contributed by atoms with Crippen LogP contribution in [0.25, 0.3) is 11.4 Å². The maximum Gasteiger partial charge on any atom is 0.227 e. The molecule has 1 unspecified atom stereocenters. The van der Waals surface area contributed by atoms with Crippen LogP contribution in [0, 0.1) is 11.7 Å². The van der Waals surface area contributed by atoms with Crippen molar-refractivity contribution in [3.63, 3.8) is 0 Å². The first-order chi connectivity index (χ1) is 12.2. The highest BCUT2D eigenvalue weighted by molar-refractivity contribution is 9.09. The lowest BCUT2D eigenvalue weighted by Gasteiger charge is -2.32. The highest BCUT2D eigenvalue weighted by atomic mass is 79.9. The lowest BCUT2D eigenvalue weighted by Crippen LogP contribution is -2.40. The number of amides is 1. The van der Waals surface area contributed by atoms with E-state index in [9.17, 15) is 9.18 Å². The second kappa shape index (κ2) is 8.56. The molecule has 0 bridgehead atoms. The molecule has 2 aromatic rings. The fourth-order valence-corrected chi connectivity index (χ4v) is 3.45. The van der Waals surface area contributed by atoms with Crippen molar-refractivity contribution in [2.75, 3.05) is 18.4 Å². The summed E-state index contributed by atoms with van der Waals surface area (Å²) in [5.74, 6) is 0.917. The zero-order chi connectivity index (χ0) is 17.6. The Balaban J connectivity index is 1.61. The number of carbonyl (C=O) groups is 1. The summed E-state index contributed by atoms with van der Waals surface area (Å²) in [5.41, 5.74) is 0.340. The van der Waals surface area contributed by atoms with Crippen LogP contribution in [0.2, 0.25) is 0 Å². The normalized spacial score (nSPS) is 17.7. The predicted molar refractivity (Wildman–Crippen MR) is 95.7 cm³/mol. The maximum atomic E-state index is 13.8. The van der Waals surface area contributed by atoms with E-state index in [1.807, 2.05) is 4.90 Å². The molecule has 1 atom stereocenters. The van der Waals surface area contributed by atoms with Gasteiger partial charge in [0.05, 0.1) is 5.56 Å². The third-order valence-corrected chi connectivity index (χ3v) is 5.00. The Morgan fingerprint density at radius 3 is 3.04 bits per heavy atom. The minimum atomic E-state index is -0.365. The van der Waals surface area contributed by atoms with E-state index in [2.05, 4.69) is 26.1 Å². The highest BCUT2D eigenvalue weighted by Crippen LogP contribution is 2.24. The van der Waals surface area contributed by atoms with Gasteiger partial charge < -0.3 is 9.42 Å². The minimum Gasteiger partial charge on any atom is -0.342 e. The summed E-state index contributed by atoms with van der Waals surface area (Å²) in [6, 6.07) is 6.38. The largest absolute Gasteiger partial charge is 0.342 e. The van der Waals surface area contributed by atoms with Crippen LogP contribution < -0.4 is 0 Å². The van der Waals surface area contributed by atoms with E-state index in [0.29, 0.717) is 30.2 Å². The minimum absolute atomic E-state index is 0.210. The first-order valence-electron chi connectivity index (χ1n) is 8.58. The third kappa shape index (κ3) is 4.66. The Labute approximate surface area is 154 Å². The fraction of sp³-hybridized carbons (Fsp3) is 0.500. The summed E-state index contributed by atoms with van der Waals surface area (Å²) in [6.07, 6.45) is 4.06. The van der Waals surface area contributed by atoms with Crippen LogP contribution in [0.1, 0.15) is 31.6 Å². The van der Waals surface area contributed by atoms with Crippen molar-refractivity contribution in [3.05, 3.63) is 36.0 Å². The van der Waals surface area contributed by atoms with E-state index in [0.717, 1.165) is 37.7 Å². The number of benzene rings is 1. The van der Waals surface area contributed by atoms with Crippen molar-refractivity contribution in [1.82, 2.24) is 15.0 Å². The number of hydrogen-bond acceptors (Lipinski definition) is 4. The van der Waals surface area contributed by atoms with Crippen molar-refractivity contribution in [2.45, 2.75) is 32.1 Å². The SMILES string of the molecule is O=C(CCCBr)N1CCCC(Cc2nc(-c3ccccc3F)no2)C1. The second-order valence-corrected chi connectivity index (χ2v) is 7.13. The van der Waals surface area contributed by atoms with Crippen LogP contribution in [-0.4, -0.2) is 39.4 Å². The Morgan fingerprint density at radius 1 is 1.40 bits per heavy atom. The zero-order valence-corrected chi connectivity index (χ0v) is 15.5. The topological polar surface area (TPSA) is 59.2 Å². The highest BCUT2D eigenvalue weighted by Gasteiger charge is 2.25. The van der Waals surface area contributed by atoms with Gasteiger partial charge in [0.25, 0.3) is 0 Å². The van der Waals surface area contributed by atoms with Crippen LogP contribution >= 0.6 is 15.9 Å². The standard InChI is InChI=1S/C18H21BrFN3O2/c19-9-3-8-17(24)23-10-4-5-13(12-23)11-16-21-18(22-25-16)14-6-1-2-7-15(14)20/h1-2,6-7,13H,3-5,8-12H2. The van der Waals surface area contributed by atoms with Gasteiger partial charge in [0.15, 0.2) is 0 Å². The first kappa shape index (κ1) is 18.0. The number of aromatic nitrogens is 2. The zero-order valence-electron chi connectivity index (χ0n) is 14.0. The number of alkyl halides is 1. The maximum absolute atomic E-state index is 13.8. The molecular weight excluding hydrogens is 389 g/mol. The van der Waals surface area contributed by atoms with Crippen LogP contribution in [0.5, 0.6) is 0 Å². The lowest BCUT2D eigenvalue weighted by atomic mass is 9.94. The lowest BCUT2D eigenvalue weighted by molar-refractivity contribution is -0.133. The molecule has 1 aliphatic heterocycles. The average molecular weight is 410 g/mol. The average Bonchev–Trinajstić information content (AvgIpc) is 3.08. The smallest absolute Gasteiger partial charge is 0.227 e. The molecule has 1 amide bonds. The molecule has 3 rings (SSSR count). The van der Waals surface area contributed by atoms with Crippen LogP contribution in [0.3, 0.4) is 0 Å². The van der Waals surface area contributed by atoms with Gasteiger partial charge in [-0.15, -0.1) is 0 Å². The number of piperidine rings is 1. The van der Waals surface area contributed by atoms with Gasteiger partial charge >= 0.3 is 0 Å². The number of likely N-dealkylation sites (tertiary alicyclic amines) is 1. The van der Waals surface area contributed by atoms with Crippen LogP contribution in [0.15, 0.2) is 28.8 Å². The fourth-order valence-electron chi connectivity index (χ4n) is 3.17. The summed E-state index contributed by atoms with van der Waals surface area (Å²) >= 11 is 3.36. The summed E-state index contributed by atoms with van der Waals surface area (Å²) in [4.78, 5) is 18.5. The molecule has 1 saturated heterocycles. The number of rotatable bonds is 6. The molecule has 5 nitrogen and oxygen atoms in total. The van der Waals surface area contributed by atoms with E-state index >= 15 is 0 Å². The van der Waals surface area contributed by atoms with Crippen molar-refractivity contribution in [3.8, 4) is 11.4 Å². The van der Waals surface area contributed by atoms with E-state index < -0.39 is 0 Å². The van der Waals surface area contributed by atoms with Crippen LogP contribution in [0.4, 0.5) is 4.39 Å². The quantitative estimate of drug-likeness (QED) is 0.680. The molecule has 134 valence electrons. The van der Waals surface area contributed by atoms with Gasteiger partial charge in [-0.05, 0) is 37.3 Å². The van der Waals surface area contributed by atoms with E-state index in [-0.39, 0.29) is 17.5 Å². The Hall–Kier alpha value is -1.76. The molecule has 0 N–H and O–H groups in total. The van der Waals surface area contributed by atoms with Crippen molar-refractivity contribution in [1.29, 1.82) is 0 Å². The van der Waals surface area contributed by atoms with Gasteiger partial charge in [-0.1, -0.05) is 33.2 Å². The second-order valence-electron chi connectivity index (χ2n) is 6.34. The van der Waals surface area contributed by atoms with Gasteiger partial charge in [-0.25, -0.2) is 4.39 Å². The van der Waals surface area contributed by atoms with Crippen LogP contribution in [-0.2, 0) is 11.2 Å². The molecule has 1 aromatic carbocycles. The van der Waals surface area contributed by atoms with Gasteiger partial charge in [-0.2, -0.15) is 4.98 Å². The van der Waals surface area contributed by atoms with Gasteiger partial charge in [-0.3, -0.25) is 4.79 Å². The summed E-state index contributed by atoms with van der Waals surface area (Å²) < 4.78 is 19.1. The monoisotopic (exact) mass is 409 g/mol. The summed E-state index contributed by atoms with van der Waals surface area (Å²) in [7, 11) is 0. The van der Waals surface area contributed by atoms with E-state index in [1.54, 1.807) is 18.2 Å². The first-order valence-corrected chi connectivity index (χ1v) is 9.70. The predicted octanol–water partition coefficient (Wildman–Crippen LogP) is 3.83. The molecular formula is C18H21BrFN3O2. The summed E-state index contributed by atoms with van der Waals surface area (Å²) in [5, 5.41) is 4.74. The molecule has 1 aromatic heterocycles. The van der Waals surface area contributed by atoms with Crippen molar-refractivity contribution in [2.24, 2.45) is 5.92 Å². The Kier molecular flexibility index (Phi) is 6.18. The van der Waals surface area contributed by atoms with Crippen molar-refractivity contribution < 1.29 is 13.7 Å². The number of nitrogens with zero attached hydrogens (tertiary/aromatic N) is 3. The molecule has 1 fully saturated rings. The number of halogens is 2. The molecule has 0 radical (unpaired) electrons. The molecule has 0 saturated carbocycles. The molecule has 25 heavy (non-hydrogen) atoms.